The number of sulfonamides is 1. The van der Waals surface area contributed by atoms with Gasteiger partial charge in [-0.3, -0.25) is 4.79 Å². The van der Waals surface area contributed by atoms with Crippen molar-refractivity contribution in [3.63, 3.8) is 0 Å². The molecule has 30 heavy (non-hydrogen) atoms. The fraction of sp³-hybridized carbons (Fsp3) is 0.389. The van der Waals surface area contributed by atoms with E-state index in [1.165, 1.54) is 30.8 Å². The summed E-state index contributed by atoms with van der Waals surface area (Å²) in [5.41, 5.74) is -0.750. The number of carbonyl (C=O) groups is 1. The highest BCUT2D eigenvalue weighted by Gasteiger charge is 2.35. The number of aryl methyl sites for hydroxylation is 1. The molecule has 0 unspecified atom stereocenters. The van der Waals surface area contributed by atoms with Crippen LogP contribution in [0.2, 0.25) is 0 Å². The summed E-state index contributed by atoms with van der Waals surface area (Å²) >= 11 is 0. The van der Waals surface area contributed by atoms with Gasteiger partial charge in [0.1, 0.15) is 23.0 Å². The van der Waals surface area contributed by atoms with Crippen molar-refractivity contribution in [2.75, 3.05) is 18.5 Å². The van der Waals surface area contributed by atoms with Gasteiger partial charge in [0.05, 0.1) is 24.3 Å². The van der Waals surface area contributed by atoms with Gasteiger partial charge in [-0.15, -0.1) is 0 Å². The first-order valence-corrected chi connectivity index (χ1v) is 10.4. The summed E-state index contributed by atoms with van der Waals surface area (Å²) in [6, 6.07) is 2.07. The fourth-order valence-electron chi connectivity index (χ4n) is 3.02. The summed E-state index contributed by atoms with van der Waals surface area (Å²) in [7, 11) is -2.59. The zero-order valence-corrected chi connectivity index (χ0v) is 16.8. The Morgan fingerprint density at radius 3 is 2.77 bits per heavy atom. The van der Waals surface area contributed by atoms with Gasteiger partial charge in [-0.05, 0) is 25.1 Å². The number of Topliss-reactive ketones (excluding diaryl/α,β-unsaturated/α-hetero) is 1. The van der Waals surface area contributed by atoms with Crippen LogP contribution >= 0.6 is 0 Å². The maximum atomic E-state index is 13.4. The number of ketones is 1. The quantitative estimate of drug-likeness (QED) is 0.583. The fourth-order valence-corrected chi connectivity index (χ4v) is 4.51. The van der Waals surface area contributed by atoms with E-state index >= 15 is 0 Å². The molecule has 0 fully saturated rings. The van der Waals surface area contributed by atoms with Gasteiger partial charge in [0.25, 0.3) is 6.43 Å². The summed E-state index contributed by atoms with van der Waals surface area (Å²) in [5.74, 6) is -1.80. The van der Waals surface area contributed by atoms with E-state index in [4.69, 9.17) is 4.74 Å². The van der Waals surface area contributed by atoms with Crippen LogP contribution in [0.25, 0.3) is 0 Å². The van der Waals surface area contributed by atoms with Crippen LogP contribution in [0.4, 0.5) is 18.9 Å². The van der Waals surface area contributed by atoms with Gasteiger partial charge in [0.2, 0.25) is 15.8 Å². The Bertz CT molecular complexity index is 1070. The van der Waals surface area contributed by atoms with Gasteiger partial charge < -0.3 is 19.7 Å². The minimum Gasteiger partial charge on any atom is -0.488 e. The average molecular weight is 447 g/mol. The van der Waals surface area contributed by atoms with Crippen LogP contribution in [-0.4, -0.2) is 49.2 Å². The van der Waals surface area contributed by atoms with Gasteiger partial charge in [-0.2, -0.15) is 0 Å². The van der Waals surface area contributed by atoms with E-state index in [-0.39, 0.29) is 35.2 Å². The Hall–Kier alpha value is -2.57. The molecule has 0 bridgehead atoms. The predicted octanol–water partition coefficient (Wildman–Crippen LogP) is 1.82. The first kappa shape index (κ1) is 22.1. The smallest absolute Gasteiger partial charge is 0.266 e. The molecule has 8 nitrogen and oxygen atoms in total. The number of aliphatic hydroxyl groups excluding tert-OH is 1. The van der Waals surface area contributed by atoms with Crippen LogP contribution in [0.5, 0.6) is 5.75 Å². The lowest BCUT2D eigenvalue weighted by Gasteiger charge is -2.18. The minimum atomic E-state index is -4.05. The molecule has 0 amide bonds. The van der Waals surface area contributed by atoms with Crippen molar-refractivity contribution < 1.29 is 36.2 Å². The Morgan fingerprint density at radius 2 is 2.13 bits per heavy atom. The second kappa shape index (κ2) is 8.28. The number of aliphatic hydroxyl groups is 1. The molecular formula is C18H20F3N3O5S. The van der Waals surface area contributed by atoms with Crippen LogP contribution in [0.1, 0.15) is 29.4 Å². The molecule has 1 aliphatic heterocycles. The molecule has 3 rings (SSSR count). The normalized spacial score (nSPS) is 19.0. The van der Waals surface area contributed by atoms with Crippen molar-refractivity contribution in [3.05, 3.63) is 41.5 Å². The highest BCUT2D eigenvalue weighted by Crippen LogP contribution is 2.33. The third-order valence-electron chi connectivity index (χ3n) is 4.64. The third-order valence-corrected chi connectivity index (χ3v) is 6.12. The first-order chi connectivity index (χ1) is 14.0. The van der Waals surface area contributed by atoms with Crippen LogP contribution in [0.15, 0.2) is 29.3 Å². The lowest BCUT2D eigenvalue weighted by atomic mass is 10.2. The summed E-state index contributed by atoms with van der Waals surface area (Å²) in [5, 5.41) is 12.3. The molecule has 2 atom stereocenters. The number of rotatable bonds is 6. The van der Waals surface area contributed by atoms with Crippen LogP contribution < -0.4 is 14.8 Å². The second-order valence-corrected chi connectivity index (χ2v) is 8.56. The monoisotopic (exact) mass is 447 g/mol. The number of nitrogens with one attached hydrogen (secondary N) is 2. The molecule has 1 aromatic heterocycles. The van der Waals surface area contributed by atoms with Gasteiger partial charge in [0.15, 0.2) is 5.75 Å². The van der Waals surface area contributed by atoms with Gasteiger partial charge in [0, 0.05) is 18.9 Å². The van der Waals surface area contributed by atoms with E-state index in [9.17, 15) is 31.5 Å². The molecule has 0 aliphatic carbocycles. The van der Waals surface area contributed by atoms with Crippen LogP contribution in [0.3, 0.4) is 0 Å². The number of halogens is 3. The second-order valence-electron chi connectivity index (χ2n) is 6.88. The average Bonchev–Trinajstić information content (AvgIpc) is 2.94. The predicted molar refractivity (Wildman–Crippen MR) is 101 cm³/mol. The highest BCUT2D eigenvalue weighted by atomic mass is 32.2. The standard InChI is InChI=1S/C18H20F3N3O5S/c1-9(25)13-8-29-17-15(30(27,28)23-13)7-24(2)16(17)14(26)6-22-10-3-4-12(19)11(5-10)18(20)21/h3-5,7,9,13,18,22-23,25H,6,8H2,1-2H3/t9-,13+/m0/s1. The van der Waals surface area contributed by atoms with E-state index in [1.807, 2.05) is 0 Å². The number of aromatic nitrogens is 1. The number of hydrogen-bond donors (Lipinski definition) is 3. The van der Waals surface area contributed by atoms with E-state index in [0.717, 1.165) is 12.1 Å². The summed E-state index contributed by atoms with van der Waals surface area (Å²) < 4.78 is 73.3. The number of hydrogen-bond acceptors (Lipinski definition) is 6. The molecular weight excluding hydrogens is 427 g/mol. The van der Waals surface area contributed by atoms with Gasteiger partial charge in [-0.1, -0.05) is 0 Å². The van der Waals surface area contributed by atoms with Crippen molar-refractivity contribution in [2.45, 2.75) is 30.4 Å². The number of ether oxygens (including phenoxy) is 1. The minimum absolute atomic E-state index is 0.0506. The molecule has 3 N–H and O–H groups in total. The summed E-state index contributed by atoms with van der Waals surface area (Å²) in [4.78, 5) is 12.5. The van der Waals surface area contributed by atoms with E-state index in [1.54, 1.807) is 0 Å². The van der Waals surface area contributed by atoms with Gasteiger partial charge >= 0.3 is 0 Å². The van der Waals surface area contributed by atoms with E-state index in [0.29, 0.717) is 0 Å². The third kappa shape index (κ3) is 4.30. The summed E-state index contributed by atoms with van der Waals surface area (Å²) in [6.45, 7) is 0.825. The first-order valence-electron chi connectivity index (χ1n) is 8.88. The van der Waals surface area contributed by atoms with Crippen molar-refractivity contribution in [3.8, 4) is 5.75 Å². The van der Waals surface area contributed by atoms with Gasteiger partial charge in [-0.25, -0.2) is 26.3 Å². The molecule has 1 aliphatic rings. The highest BCUT2D eigenvalue weighted by molar-refractivity contribution is 7.89. The molecule has 0 radical (unpaired) electrons. The number of nitrogens with zero attached hydrogens (tertiary/aromatic N) is 1. The molecule has 2 aromatic rings. The lowest BCUT2D eigenvalue weighted by molar-refractivity contribution is 0.0989. The van der Waals surface area contributed by atoms with Crippen LogP contribution in [-0.2, 0) is 17.1 Å². The number of benzene rings is 1. The molecule has 0 spiro atoms. The molecule has 2 heterocycles. The largest absolute Gasteiger partial charge is 0.488 e. The maximum Gasteiger partial charge on any atom is 0.266 e. The van der Waals surface area contributed by atoms with Crippen molar-refractivity contribution in [1.29, 1.82) is 0 Å². The topological polar surface area (TPSA) is 110 Å². The Balaban J connectivity index is 1.85. The number of carbonyl (C=O) groups excluding carboxylic acids is 1. The molecule has 12 heteroatoms. The van der Waals surface area contributed by atoms with E-state index in [2.05, 4.69) is 10.0 Å². The number of anilines is 1. The zero-order chi connectivity index (χ0) is 22.2. The zero-order valence-electron chi connectivity index (χ0n) is 16.0. The van der Waals surface area contributed by atoms with Crippen LogP contribution in [0, 0.1) is 5.82 Å². The molecule has 0 saturated heterocycles. The number of alkyl halides is 2. The number of fused-ring (bicyclic) bond motifs is 1. The Labute approximate surface area is 170 Å². The molecule has 1 aromatic carbocycles. The molecule has 164 valence electrons. The summed E-state index contributed by atoms with van der Waals surface area (Å²) in [6.07, 6.45) is -2.83. The Kier molecular flexibility index (Phi) is 6.11. The van der Waals surface area contributed by atoms with Crippen molar-refractivity contribution >= 4 is 21.5 Å². The van der Waals surface area contributed by atoms with E-state index < -0.39 is 45.8 Å². The Morgan fingerprint density at radius 1 is 1.43 bits per heavy atom. The van der Waals surface area contributed by atoms with Crippen molar-refractivity contribution in [2.24, 2.45) is 7.05 Å². The molecule has 0 saturated carbocycles. The SMILES string of the molecule is C[C@H](O)[C@H]1COc2c(cn(C)c2C(=O)CNc2ccc(F)c(C(F)F)c2)S(=O)(=O)N1. The lowest BCUT2D eigenvalue weighted by Crippen LogP contribution is -2.44. The van der Waals surface area contributed by atoms with Crippen molar-refractivity contribution in [1.82, 2.24) is 9.29 Å². The maximum absolute atomic E-state index is 13.4.